The summed E-state index contributed by atoms with van der Waals surface area (Å²) in [6.45, 7) is 0. The standard InChI is InChI=1S/C21H21ClN2O3S/c22-16-10-6-14(7-11-16)19(25)24-21(28)23-17-12-8-15(9-13-17)20(26)27-18-4-2-1-3-5-18/h6-13,18H,1-5H2,(H2,23,24,25,28). The number of hydrogen-bond acceptors (Lipinski definition) is 4. The summed E-state index contributed by atoms with van der Waals surface area (Å²) >= 11 is 11.0. The molecule has 0 aromatic heterocycles. The number of nitrogens with one attached hydrogen (secondary N) is 2. The quantitative estimate of drug-likeness (QED) is 0.544. The van der Waals surface area contributed by atoms with Gasteiger partial charge in [-0.3, -0.25) is 10.1 Å². The molecule has 1 aliphatic rings. The predicted octanol–water partition coefficient (Wildman–Crippen LogP) is 4.96. The Labute approximate surface area is 174 Å². The van der Waals surface area contributed by atoms with Crippen molar-refractivity contribution in [2.45, 2.75) is 38.2 Å². The predicted molar refractivity (Wildman–Crippen MR) is 114 cm³/mol. The molecule has 146 valence electrons. The molecule has 28 heavy (non-hydrogen) atoms. The Morgan fingerprint density at radius 2 is 1.54 bits per heavy atom. The van der Waals surface area contributed by atoms with Crippen molar-refractivity contribution < 1.29 is 14.3 Å². The van der Waals surface area contributed by atoms with Gasteiger partial charge in [-0.1, -0.05) is 18.0 Å². The average Bonchev–Trinajstić information content (AvgIpc) is 2.69. The lowest BCUT2D eigenvalue weighted by Gasteiger charge is -2.21. The number of benzene rings is 2. The van der Waals surface area contributed by atoms with E-state index in [2.05, 4.69) is 10.6 Å². The van der Waals surface area contributed by atoms with Crippen LogP contribution in [0.5, 0.6) is 0 Å². The Kier molecular flexibility index (Phi) is 7.01. The fraction of sp³-hybridized carbons (Fsp3) is 0.286. The summed E-state index contributed by atoms with van der Waals surface area (Å²) in [5.41, 5.74) is 1.61. The molecule has 3 rings (SSSR count). The maximum Gasteiger partial charge on any atom is 0.338 e. The lowest BCUT2D eigenvalue weighted by molar-refractivity contribution is 0.0211. The monoisotopic (exact) mass is 416 g/mol. The van der Waals surface area contributed by atoms with E-state index < -0.39 is 0 Å². The Bertz CT molecular complexity index is 847. The lowest BCUT2D eigenvalue weighted by atomic mass is 9.98. The third kappa shape index (κ3) is 5.78. The fourth-order valence-corrected chi connectivity index (χ4v) is 3.37. The zero-order valence-electron chi connectivity index (χ0n) is 15.2. The Morgan fingerprint density at radius 1 is 0.929 bits per heavy atom. The van der Waals surface area contributed by atoms with Crippen molar-refractivity contribution in [3.63, 3.8) is 0 Å². The van der Waals surface area contributed by atoms with Gasteiger partial charge in [0.05, 0.1) is 5.56 Å². The first kappa shape index (κ1) is 20.3. The summed E-state index contributed by atoms with van der Waals surface area (Å²) in [6.07, 6.45) is 5.33. The molecular weight excluding hydrogens is 396 g/mol. The number of carbonyl (C=O) groups excluding carboxylic acids is 2. The minimum Gasteiger partial charge on any atom is -0.459 e. The molecule has 1 amide bonds. The Balaban J connectivity index is 1.51. The number of carbonyl (C=O) groups is 2. The smallest absolute Gasteiger partial charge is 0.338 e. The van der Waals surface area contributed by atoms with Gasteiger partial charge in [0.2, 0.25) is 0 Å². The maximum atomic E-state index is 12.2. The highest BCUT2D eigenvalue weighted by Crippen LogP contribution is 2.21. The maximum absolute atomic E-state index is 12.2. The second-order valence-electron chi connectivity index (χ2n) is 6.66. The molecule has 1 aliphatic carbocycles. The zero-order chi connectivity index (χ0) is 19.9. The molecular formula is C21H21ClN2O3S. The molecule has 1 fully saturated rings. The van der Waals surface area contributed by atoms with Gasteiger partial charge in [-0.05, 0) is 86.4 Å². The highest BCUT2D eigenvalue weighted by atomic mass is 35.5. The van der Waals surface area contributed by atoms with Crippen LogP contribution >= 0.6 is 23.8 Å². The van der Waals surface area contributed by atoms with Crippen LogP contribution in [-0.2, 0) is 4.74 Å². The van der Waals surface area contributed by atoms with E-state index >= 15 is 0 Å². The third-order valence-electron chi connectivity index (χ3n) is 4.54. The van der Waals surface area contributed by atoms with E-state index in [0.29, 0.717) is 21.8 Å². The molecule has 2 N–H and O–H groups in total. The van der Waals surface area contributed by atoms with Crippen LogP contribution in [0.15, 0.2) is 48.5 Å². The van der Waals surface area contributed by atoms with Crippen LogP contribution in [0.1, 0.15) is 52.8 Å². The molecule has 0 bridgehead atoms. The molecule has 2 aromatic carbocycles. The normalized spacial score (nSPS) is 14.2. The number of hydrogen-bond donors (Lipinski definition) is 2. The van der Waals surface area contributed by atoms with E-state index in [0.717, 1.165) is 25.7 Å². The van der Waals surface area contributed by atoms with Gasteiger partial charge in [0, 0.05) is 16.3 Å². The Morgan fingerprint density at radius 3 is 2.18 bits per heavy atom. The van der Waals surface area contributed by atoms with Crippen molar-refractivity contribution in [1.29, 1.82) is 0 Å². The molecule has 0 unspecified atom stereocenters. The van der Waals surface area contributed by atoms with E-state index in [1.807, 2.05) is 0 Å². The van der Waals surface area contributed by atoms with Crippen LogP contribution in [0.3, 0.4) is 0 Å². The Hall–Kier alpha value is -2.44. The van der Waals surface area contributed by atoms with Gasteiger partial charge >= 0.3 is 5.97 Å². The SMILES string of the molecule is O=C(NC(=S)Nc1ccc(C(=O)OC2CCCCC2)cc1)c1ccc(Cl)cc1. The van der Waals surface area contributed by atoms with Crippen LogP contribution in [0.2, 0.25) is 5.02 Å². The molecule has 2 aromatic rings. The zero-order valence-corrected chi connectivity index (χ0v) is 16.8. The number of anilines is 1. The van der Waals surface area contributed by atoms with Crippen molar-refractivity contribution in [2.75, 3.05) is 5.32 Å². The average molecular weight is 417 g/mol. The molecule has 0 saturated heterocycles. The van der Waals surface area contributed by atoms with Crippen LogP contribution in [0, 0.1) is 0 Å². The molecule has 5 nitrogen and oxygen atoms in total. The summed E-state index contributed by atoms with van der Waals surface area (Å²) in [4.78, 5) is 24.4. The van der Waals surface area contributed by atoms with Gasteiger partial charge in [-0.25, -0.2) is 4.79 Å². The summed E-state index contributed by atoms with van der Waals surface area (Å²) in [7, 11) is 0. The summed E-state index contributed by atoms with van der Waals surface area (Å²) in [6, 6.07) is 13.3. The highest BCUT2D eigenvalue weighted by Gasteiger charge is 2.18. The molecule has 0 radical (unpaired) electrons. The van der Waals surface area contributed by atoms with Gasteiger partial charge in [-0.2, -0.15) is 0 Å². The molecule has 0 atom stereocenters. The number of rotatable bonds is 4. The summed E-state index contributed by atoms with van der Waals surface area (Å²) < 4.78 is 5.56. The number of halogens is 1. The minimum absolute atomic E-state index is 0.0229. The largest absolute Gasteiger partial charge is 0.459 e. The fourth-order valence-electron chi connectivity index (χ4n) is 3.03. The molecule has 1 saturated carbocycles. The van der Waals surface area contributed by atoms with E-state index in [1.54, 1.807) is 48.5 Å². The first-order valence-corrected chi connectivity index (χ1v) is 9.99. The van der Waals surface area contributed by atoms with Crippen molar-refractivity contribution >= 4 is 46.5 Å². The second-order valence-corrected chi connectivity index (χ2v) is 7.50. The second kappa shape index (κ2) is 9.66. The van der Waals surface area contributed by atoms with Crippen LogP contribution in [-0.4, -0.2) is 23.1 Å². The van der Waals surface area contributed by atoms with Gasteiger partial charge in [0.15, 0.2) is 5.11 Å². The minimum atomic E-state index is -0.332. The third-order valence-corrected chi connectivity index (χ3v) is 4.99. The van der Waals surface area contributed by atoms with E-state index in [1.165, 1.54) is 6.42 Å². The van der Waals surface area contributed by atoms with Crippen LogP contribution in [0.25, 0.3) is 0 Å². The van der Waals surface area contributed by atoms with E-state index in [4.69, 9.17) is 28.6 Å². The number of ether oxygens (including phenoxy) is 1. The van der Waals surface area contributed by atoms with Gasteiger partial charge < -0.3 is 10.1 Å². The molecule has 0 spiro atoms. The topological polar surface area (TPSA) is 67.4 Å². The summed E-state index contributed by atoms with van der Waals surface area (Å²) in [5.74, 6) is -0.640. The van der Waals surface area contributed by atoms with Crippen molar-refractivity contribution in [3.8, 4) is 0 Å². The molecule has 0 aliphatic heterocycles. The van der Waals surface area contributed by atoms with Crippen molar-refractivity contribution in [2.24, 2.45) is 0 Å². The van der Waals surface area contributed by atoms with Crippen LogP contribution in [0.4, 0.5) is 5.69 Å². The van der Waals surface area contributed by atoms with Crippen molar-refractivity contribution in [3.05, 3.63) is 64.7 Å². The van der Waals surface area contributed by atoms with Gasteiger partial charge in [0.25, 0.3) is 5.91 Å². The number of esters is 1. The van der Waals surface area contributed by atoms with E-state index in [-0.39, 0.29) is 23.1 Å². The first-order valence-electron chi connectivity index (χ1n) is 9.20. The van der Waals surface area contributed by atoms with Crippen LogP contribution < -0.4 is 10.6 Å². The highest BCUT2D eigenvalue weighted by molar-refractivity contribution is 7.80. The lowest BCUT2D eigenvalue weighted by Crippen LogP contribution is -2.34. The van der Waals surface area contributed by atoms with Crippen molar-refractivity contribution in [1.82, 2.24) is 5.32 Å². The molecule has 7 heteroatoms. The van der Waals surface area contributed by atoms with Gasteiger partial charge in [-0.15, -0.1) is 0 Å². The number of thiocarbonyl (C=S) groups is 1. The first-order chi connectivity index (χ1) is 13.5. The summed E-state index contributed by atoms with van der Waals surface area (Å²) in [5, 5.41) is 6.24. The molecule has 0 heterocycles. The van der Waals surface area contributed by atoms with Gasteiger partial charge in [0.1, 0.15) is 6.10 Å². The number of amides is 1. The van der Waals surface area contributed by atoms with E-state index in [9.17, 15) is 9.59 Å².